The van der Waals surface area contributed by atoms with Gasteiger partial charge in [-0.25, -0.2) is 0 Å². The Morgan fingerprint density at radius 3 is 1.82 bits per heavy atom. The summed E-state index contributed by atoms with van der Waals surface area (Å²) in [6.45, 7) is 0. The minimum atomic E-state index is -0.503. The van der Waals surface area contributed by atoms with Crippen LogP contribution in [-0.2, 0) is 6.42 Å². The number of hydrogen-bond donors (Lipinski definition) is 1. The van der Waals surface area contributed by atoms with E-state index in [1.54, 1.807) is 38.5 Å². The van der Waals surface area contributed by atoms with Gasteiger partial charge < -0.3 is 38.5 Å². The Labute approximate surface area is 232 Å². The smallest absolute Gasteiger partial charge is 0.252 e. The molecule has 1 aliphatic rings. The van der Waals surface area contributed by atoms with Gasteiger partial charge in [0.25, 0.3) is 5.91 Å². The number of carbonyl (C=O) groups is 1. The number of rotatable bonds is 9. The van der Waals surface area contributed by atoms with Crippen molar-refractivity contribution in [1.29, 1.82) is 0 Å². The van der Waals surface area contributed by atoms with E-state index in [0.717, 1.165) is 11.1 Å². The molecular formula is C30H33NO9. The summed E-state index contributed by atoms with van der Waals surface area (Å²) in [6.07, 6.45) is 1.08. The van der Waals surface area contributed by atoms with Gasteiger partial charge in [-0.1, -0.05) is 0 Å². The number of carbonyl (C=O) groups excluding carboxylic acids is 1. The second-order valence-corrected chi connectivity index (χ2v) is 8.94. The molecule has 3 aromatic carbocycles. The molecule has 1 amide bonds. The minimum Gasteiger partial charge on any atom is -0.493 e. The minimum absolute atomic E-state index is 0.149. The maximum Gasteiger partial charge on any atom is 0.252 e. The third-order valence-electron chi connectivity index (χ3n) is 6.95. The van der Waals surface area contributed by atoms with E-state index in [1.165, 1.54) is 41.6 Å². The maximum atomic E-state index is 13.6. The summed E-state index contributed by atoms with van der Waals surface area (Å²) in [5, 5.41) is 3.13. The Morgan fingerprint density at radius 1 is 0.700 bits per heavy atom. The molecule has 0 aliphatic heterocycles. The van der Waals surface area contributed by atoms with Gasteiger partial charge in [0.2, 0.25) is 16.9 Å². The van der Waals surface area contributed by atoms with Gasteiger partial charge in [-0.05, 0) is 65.9 Å². The van der Waals surface area contributed by atoms with E-state index in [1.807, 2.05) is 6.07 Å². The highest BCUT2D eigenvalue weighted by atomic mass is 16.5. The molecule has 0 heterocycles. The molecule has 1 N–H and O–H groups in total. The summed E-state index contributed by atoms with van der Waals surface area (Å²) >= 11 is 0. The van der Waals surface area contributed by atoms with Crippen molar-refractivity contribution in [2.75, 3.05) is 49.8 Å². The topological polar surface area (TPSA) is 111 Å². The molecule has 4 rings (SSSR count). The first kappa shape index (κ1) is 28.4. The molecular weight excluding hydrogens is 518 g/mol. The molecule has 1 atom stereocenters. The van der Waals surface area contributed by atoms with E-state index in [0.29, 0.717) is 64.0 Å². The van der Waals surface area contributed by atoms with Gasteiger partial charge in [0.1, 0.15) is 0 Å². The number of hydrogen-bond acceptors (Lipinski definition) is 9. The Balaban J connectivity index is 1.90. The standard InChI is InChI=1S/C30H33NO9/c1-34-22-15-19-18(9-11-21(22)32)26-16(12-25(37-4)28(39-6)29(26)40-7)8-10-20(19)31-30(33)17-13-23(35-2)27(38-5)24(14-17)36-3/h9,11-15,20H,8,10H2,1-7H3,(H,31,33). The van der Waals surface area contributed by atoms with Gasteiger partial charge in [0.05, 0.1) is 55.8 Å². The van der Waals surface area contributed by atoms with Gasteiger partial charge in [0.15, 0.2) is 28.7 Å². The highest BCUT2D eigenvalue weighted by molar-refractivity contribution is 5.96. The Hall–Kier alpha value is -4.60. The van der Waals surface area contributed by atoms with Crippen molar-refractivity contribution in [2.24, 2.45) is 0 Å². The van der Waals surface area contributed by atoms with Crippen molar-refractivity contribution >= 4 is 5.91 Å². The fourth-order valence-corrected chi connectivity index (χ4v) is 5.06. The summed E-state index contributed by atoms with van der Waals surface area (Å²) in [6, 6.07) is 9.40. The molecule has 0 radical (unpaired) electrons. The van der Waals surface area contributed by atoms with Crippen LogP contribution in [0.1, 0.15) is 33.9 Å². The van der Waals surface area contributed by atoms with Crippen LogP contribution in [0.5, 0.6) is 40.2 Å². The molecule has 1 unspecified atom stereocenters. The van der Waals surface area contributed by atoms with Crippen LogP contribution in [0.4, 0.5) is 0 Å². The van der Waals surface area contributed by atoms with Crippen molar-refractivity contribution in [3.8, 4) is 51.4 Å². The molecule has 0 saturated heterocycles. The second kappa shape index (κ2) is 12.1. The highest BCUT2D eigenvalue weighted by Gasteiger charge is 2.30. The highest BCUT2D eigenvalue weighted by Crippen LogP contribution is 2.50. The average molecular weight is 552 g/mol. The van der Waals surface area contributed by atoms with Crippen molar-refractivity contribution in [2.45, 2.75) is 18.9 Å². The Kier molecular flexibility index (Phi) is 8.57. The number of fused-ring (bicyclic) bond motifs is 3. The lowest BCUT2D eigenvalue weighted by Gasteiger charge is -2.21. The van der Waals surface area contributed by atoms with Crippen LogP contribution in [-0.4, -0.2) is 55.7 Å². The molecule has 0 fully saturated rings. The molecule has 3 aromatic rings. The fourth-order valence-electron chi connectivity index (χ4n) is 5.06. The lowest BCUT2D eigenvalue weighted by atomic mass is 9.95. The lowest BCUT2D eigenvalue weighted by molar-refractivity contribution is 0.0934. The van der Waals surface area contributed by atoms with Crippen LogP contribution < -0.4 is 43.9 Å². The van der Waals surface area contributed by atoms with Crippen molar-refractivity contribution in [3.05, 3.63) is 63.3 Å². The normalized spacial score (nSPS) is 13.6. The quantitative estimate of drug-likeness (QED) is 0.418. The zero-order valence-corrected chi connectivity index (χ0v) is 23.6. The van der Waals surface area contributed by atoms with Crippen LogP contribution in [0.25, 0.3) is 11.1 Å². The van der Waals surface area contributed by atoms with Crippen molar-refractivity contribution < 1.29 is 38.0 Å². The molecule has 0 saturated carbocycles. The van der Waals surface area contributed by atoms with E-state index >= 15 is 0 Å². The first-order chi connectivity index (χ1) is 19.3. The first-order valence-electron chi connectivity index (χ1n) is 12.5. The first-order valence-corrected chi connectivity index (χ1v) is 12.5. The van der Waals surface area contributed by atoms with Crippen LogP contribution in [0.15, 0.2) is 41.2 Å². The van der Waals surface area contributed by atoms with Gasteiger partial charge in [-0.15, -0.1) is 0 Å². The zero-order chi connectivity index (χ0) is 29.0. The number of amides is 1. The molecule has 40 heavy (non-hydrogen) atoms. The van der Waals surface area contributed by atoms with E-state index in [4.69, 9.17) is 33.2 Å². The van der Waals surface area contributed by atoms with Crippen LogP contribution in [0.2, 0.25) is 0 Å². The van der Waals surface area contributed by atoms with Gasteiger partial charge in [-0.3, -0.25) is 9.59 Å². The summed E-state index contributed by atoms with van der Waals surface area (Å²) in [7, 11) is 10.6. The van der Waals surface area contributed by atoms with Crippen LogP contribution in [0.3, 0.4) is 0 Å². The average Bonchev–Trinajstić information content (AvgIpc) is 3.23. The molecule has 212 valence electrons. The molecule has 0 aromatic heterocycles. The van der Waals surface area contributed by atoms with E-state index in [2.05, 4.69) is 5.32 Å². The maximum absolute atomic E-state index is 13.6. The number of nitrogens with one attached hydrogen (secondary N) is 1. The summed E-state index contributed by atoms with van der Waals surface area (Å²) in [4.78, 5) is 26.5. The molecule has 10 heteroatoms. The van der Waals surface area contributed by atoms with Crippen molar-refractivity contribution in [1.82, 2.24) is 5.32 Å². The SMILES string of the molecule is COc1cc(C(=O)NC2CCc3cc(OC)c(OC)c(OC)c3-c3ccc(=O)c(OC)cc32)cc(OC)c1OC. The van der Waals surface area contributed by atoms with E-state index in [-0.39, 0.29) is 17.1 Å². The molecule has 10 nitrogen and oxygen atoms in total. The predicted molar refractivity (Wildman–Crippen MR) is 149 cm³/mol. The number of methoxy groups -OCH3 is 7. The Morgan fingerprint density at radius 2 is 1.27 bits per heavy atom. The third-order valence-corrected chi connectivity index (χ3v) is 6.95. The molecule has 0 spiro atoms. The Bertz CT molecular complexity index is 1460. The number of benzene rings is 2. The number of ether oxygens (including phenoxy) is 7. The van der Waals surface area contributed by atoms with Crippen LogP contribution >= 0.6 is 0 Å². The van der Waals surface area contributed by atoms with Crippen molar-refractivity contribution in [3.63, 3.8) is 0 Å². The fraction of sp³-hybridized carbons (Fsp3) is 0.333. The van der Waals surface area contributed by atoms with E-state index < -0.39 is 6.04 Å². The largest absolute Gasteiger partial charge is 0.493 e. The third kappa shape index (κ3) is 5.04. The second-order valence-electron chi connectivity index (χ2n) is 8.94. The summed E-state index contributed by atoms with van der Waals surface area (Å²) in [5.41, 5.74) is 3.06. The molecule has 1 aliphatic carbocycles. The summed E-state index contributed by atoms with van der Waals surface area (Å²) < 4.78 is 38.7. The molecule has 0 bridgehead atoms. The van der Waals surface area contributed by atoms with Gasteiger partial charge in [-0.2, -0.15) is 0 Å². The summed E-state index contributed by atoms with van der Waals surface area (Å²) in [5.74, 6) is 2.28. The van der Waals surface area contributed by atoms with Gasteiger partial charge in [0, 0.05) is 11.1 Å². The van der Waals surface area contributed by atoms with Crippen LogP contribution in [0, 0.1) is 0 Å². The van der Waals surface area contributed by atoms with Gasteiger partial charge >= 0.3 is 0 Å². The number of aryl methyl sites for hydroxylation is 1. The van der Waals surface area contributed by atoms with E-state index in [9.17, 15) is 9.59 Å². The monoisotopic (exact) mass is 551 g/mol. The predicted octanol–water partition coefficient (Wildman–Crippen LogP) is 4.19. The zero-order valence-electron chi connectivity index (χ0n) is 23.6. The lowest BCUT2D eigenvalue weighted by Crippen LogP contribution is -2.29.